The molecule has 3 nitrogen and oxygen atoms in total. The molecule has 1 heterocycles. The van der Waals surface area contributed by atoms with Gasteiger partial charge in [0, 0.05) is 10.5 Å². The zero-order valence-electron chi connectivity index (χ0n) is 13.8. The van der Waals surface area contributed by atoms with Gasteiger partial charge in [0.2, 0.25) is 0 Å². The fourth-order valence-corrected chi connectivity index (χ4v) is 3.03. The van der Waals surface area contributed by atoms with Crippen LogP contribution in [-0.2, 0) is 6.61 Å². The number of fused-ring (bicyclic) bond motifs is 1. The molecule has 3 aromatic carbocycles. The van der Waals surface area contributed by atoms with E-state index in [0.717, 1.165) is 15.6 Å². The molecule has 0 bridgehead atoms. The zero-order valence-corrected chi connectivity index (χ0v) is 15.4. The average molecular weight is 407 g/mol. The van der Waals surface area contributed by atoms with Gasteiger partial charge in [0.1, 0.15) is 24.2 Å². The topological polar surface area (TPSA) is 39.4 Å². The third-order valence-corrected chi connectivity index (χ3v) is 4.68. The van der Waals surface area contributed by atoms with Crippen molar-refractivity contribution in [1.82, 2.24) is 0 Å². The summed E-state index contributed by atoms with van der Waals surface area (Å²) in [6, 6.07) is 22.8. The molecular weight excluding hydrogens is 392 g/mol. The summed E-state index contributed by atoms with van der Waals surface area (Å²) in [6.45, 7) is 0.466. The molecule has 0 atom stereocenters. The van der Waals surface area contributed by atoms with Crippen LogP contribution in [0.15, 0.2) is 92.7 Å². The summed E-state index contributed by atoms with van der Waals surface area (Å²) in [5.41, 5.74) is 2.92. The van der Waals surface area contributed by atoms with Crippen molar-refractivity contribution in [2.45, 2.75) is 6.61 Å². The van der Waals surface area contributed by atoms with Crippen LogP contribution in [-0.4, -0.2) is 0 Å². The normalized spacial score (nSPS) is 10.8. The standard InChI is InChI=1S/C22H15BrO3/c23-17-8-6-16(7-9-17)20-14-26-21-12-18(10-11-19(21)22(20)24)25-13-15-4-2-1-3-5-15/h1-12,14H,13H2. The van der Waals surface area contributed by atoms with Crippen LogP contribution in [0.5, 0.6) is 5.75 Å². The number of benzene rings is 3. The van der Waals surface area contributed by atoms with Gasteiger partial charge in [0.25, 0.3) is 0 Å². The lowest BCUT2D eigenvalue weighted by Gasteiger charge is -2.08. The number of rotatable bonds is 4. The Bertz CT molecular complexity index is 1100. The van der Waals surface area contributed by atoms with Crippen LogP contribution in [0.3, 0.4) is 0 Å². The lowest BCUT2D eigenvalue weighted by atomic mass is 10.1. The van der Waals surface area contributed by atoms with Gasteiger partial charge in [0.15, 0.2) is 5.43 Å². The first-order valence-corrected chi connectivity index (χ1v) is 8.98. The molecule has 0 amide bonds. The Morgan fingerprint density at radius 1 is 0.923 bits per heavy atom. The average Bonchev–Trinajstić information content (AvgIpc) is 2.68. The molecule has 0 aliphatic heterocycles. The van der Waals surface area contributed by atoms with Crippen molar-refractivity contribution < 1.29 is 9.15 Å². The van der Waals surface area contributed by atoms with Gasteiger partial charge in [-0.25, -0.2) is 0 Å². The Labute approximate surface area is 159 Å². The SMILES string of the molecule is O=c1c(-c2ccc(Br)cc2)coc2cc(OCc3ccccc3)ccc12. The van der Waals surface area contributed by atoms with Gasteiger partial charge in [-0.2, -0.15) is 0 Å². The van der Waals surface area contributed by atoms with E-state index >= 15 is 0 Å². The maximum absolute atomic E-state index is 12.8. The molecule has 0 spiro atoms. The van der Waals surface area contributed by atoms with Gasteiger partial charge in [-0.15, -0.1) is 0 Å². The first kappa shape index (κ1) is 16.6. The molecule has 1 aromatic heterocycles. The Morgan fingerprint density at radius 3 is 2.46 bits per heavy atom. The molecule has 0 N–H and O–H groups in total. The molecule has 0 aliphatic carbocycles. The minimum atomic E-state index is -0.0526. The summed E-state index contributed by atoms with van der Waals surface area (Å²) in [5, 5.41) is 0.539. The maximum atomic E-state index is 12.8. The number of ether oxygens (including phenoxy) is 1. The Balaban J connectivity index is 1.64. The number of hydrogen-bond donors (Lipinski definition) is 0. The van der Waals surface area contributed by atoms with Crippen molar-refractivity contribution in [3.8, 4) is 16.9 Å². The third-order valence-electron chi connectivity index (χ3n) is 4.15. The second kappa shape index (κ2) is 7.18. The molecular formula is C22H15BrO3. The fourth-order valence-electron chi connectivity index (χ4n) is 2.77. The molecule has 26 heavy (non-hydrogen) atoms. The van der Waals surface area contributed by atoms with E-state index in [1.165, 1.54) is 6.26 Å². The molecule has 0 saturated carbocycles. The molecule has 0 aliphatic rings. The molecule has 0 radical (unpaired) electrons. The van der Waals surface area contributed by atoms with Gasteiger partial charge >= 0.3 is 0 Å². The lowest BCUT2D eigenvalue weighted by molar-refractivity contribution is 0.306. The predicted molar refractivity (Wildman–Crippen MR) is 106 cm³/mol. The maximum Gasteiger partial charge on any atom is 0.200 e. The highest BCUT2D eigenvalue weighted by Crippen LogP contribution is 2.24. The summed E-state index contributed by atoms with van der Waals surface area (Å²) in [7, 11) is 0. The van der Waals surface area contributed by atoms with Crippen LogP contribution in [0.2, 0.25) is 0 Å². The second-order valence-corrected chi connectivity index (χ2v) is 6.83. The molecule has 0 unspecified atom stereocenters. The van der Waals surface area contributed by atoms with E-state index in [0.29, 0.717) is 28.9 Å². The monoisotopic (exact) mass is 406 g/mol. The van der Waals surface area contributed by atoms with Crippen molar-refractivity contribution in [2.75, 3.05) is 0 Å². The largest absolute Gasteiger partial charge is 0.489 e. The Kier molecular flexibility index (Phi) is 4.59. The molecule has 0 saturated heterocycles. The van der Waals surface area contributed by atoms with E-state index in [2.05, 4.69) is 15.9 Å². The second-order valence-electron chi connectivity index (χ2n) is 5.92. The van der Waals surface area contributed by atoms with E-state index in [1.54, 1.807) is 18.2 Å². The summed E-state index contributed by atoms with van der Waals surface area (Å²) < 4.78 is 12.5. The highest BCUT2D eigenvalue weighted by molar-refractivity contribution is 9.10. The number of hydrogen-bond acceptors (Lipinski definition) is 3. The number of halogens is 1. The smallest absolute Gasteiger partial charge is 0.200 e. The molecule has 128 valence electrons. The van der Waals surface area contributed by atoms with Gasteiger partial charge in [-0.1, -0.05) is 58.4 Å². The summed E-state index contributed by atoms with van der Waals surface area (Å²) in [4.78, 5) is 12.8. The van der Waals surface area contributed by atoms with E-state index in [4.69, 9.17) is 9.15 Å². The van der Waals surface area contributed by atoms with Crippen molar-refractivity contribution in [2.24, 2.45) is 0 Å². The van der Waals surface area contributed by atoms with Gasteiger partial charge in [-0.05, 0) is 35.4 Å². The third kappa shape index (κ3) is 3.41. The Hall–Kier alpha value is -2.85. The van der Waals surface area contributed by atoms with Crippen LogP contribution in [0.4, 0.5) is 0 Å². The van der Waals surface area contributed by atoms with Crippen LogP contribution in [0, 0.1) is 0 Å². The van der Waals surface area contributed by atoms with Crippen molar-refractivity contribution >= 4 is 26.9 Å². The summed E-state index contributed by atoms with van der Waals surface area (Å²) in [6.07, 6.45) is 1.51. The fraction of sp³-hybridized carbons (Fsp3) is 0.0455. The molecule has 4 aromatic rings. The lowest BCUT2D eigenvalue weighted by Crippen LogP contribution is -2.05. The summed E-state index contributed by atoms with van der Waals surface area (Å²) >= 11 is 3.40. The van der Waals surface area contributed by atoms with Crippen LogP contribution < -0.4 is 10.2 Å². The van der Waals surface area contributed by atoms with Crippen LogP contribution >= 0.6 is 15.9 Å². The first-order chi connectivity index (χ1) is 12.7. The van der Waals surface area contributed by atoms with E-state index < -0.39 is 0 Å². The van der Waals surface area contributed by atoms with Gasteiger partial charge in [-0.3, -0.25) is 4.79 Å². The predicted octanol–water partition coefficient (Wildman–Crippen LogP) is 5.80. The van der Waals surface area contributed by atoms with Crippen LogP contribution in [0.1, 0.15) is 5.56 Å². The molecule has 4 heteroatoms. The van der Waals surface area contributed by atoms with Crippen molar-refractivity contribution in [3.63, 3.8) is 0 Å². The first-order valence-electron chi connectivity index (χ1n) is 8.19. The minimum absolute atomic E-state index is 0.0526. The molecule has 4 rings (SSSR count). The van der Waals surface area contributed by atoms with Crippen molar-refractivity contribution in [3.05, 3.63) is 99.3 Å². The quantitative estimate of drug-likeness (QED) is 0.429. The molecule has 0 fully saturated rings. The van der Waals surface area contributed by atoms with Gasteiger partial charge < -0.3 is 9.15 Å². The summed E-state index contributed by atoms with van der Waals surface area (Å²) in [5.74, 6) is 0.667. The van der Waals surface area contributed by atoms with Crippen molar-refractivity contribution in [1.29, 1.82) is 0 Å². The van der Waals surface area contributed by atoms with E-state index in [1.807, 2.05) is 54.6 Å². The highest BCUT2D eigenvalue weighted by atomic mass is 79.9. The Morgan fingerprint density at radius 2 is 1.69 bits per heavy atom. The highest BCUT2D eigenvalue weighted by Gasteiger charge is 2.10. The van der Waals surface area contributed by atoms with E-state index in [-0.39, 0.29) is 5.43 Å². The van der Waals surface area contributed by atoms with Gasteiger partial charge in [0.05, 0.1) is 10.9 Å². The van der Waals surface area contributed by atoms with Crippen LogP contribution in [0.25, 0.3) is 22.1 Å². The zero-order chi connectivity index (χ0) is 17.9. The van der Waals surface area contributed by atoms with E-state index in [9.17, 15) is 4.79 Å². The minimum Gasteiger partial charge on any atom is -0.489 e.